The number of esters is 1. The third-order valence-corrected chi connectivity index (χ3v) is 3.82. The second-order valence-corrected chi connectivity index (χ2v) is 6.71. The maximum absolute atomic E-state index is 12.9. The number of carbonyl (C=O) groups is 2. The van der Waals surface area contributed by atoms with Gasteiger partial charge < -0.3 is 10.1 Å². The summed E-state index contributed by atoms with van der Waals surface area (Å²) in [5, 5.41) is 3.30. The second kappa shape index (κ2) is 7.02. The average molecular weight is 318 g/mol. The number of amides is 1. The van der Waals surface area contributed by atoms with E-state index in [0.717, 1.165) is 17.8 Å². The van der Waals surface area contributed by atoms with Gasteiger partial charge in [-0.25, -0.2) is 4.79 Å². The van der Waals surface area contributed by atoms with Gasteiger partial charge in [-0.15, -0.1) is 0 Å². The Morgan fingerprint density at radius 2 is 1.87 bits per heavy atom. The SMILES string of the molecule is CC(C)CC1Nc2ccccc2N(C(C)C(=O)OC(C)C)C1=O. The van der Waals surface area contributed by atoms with Crippen LogP contribution >= 0.6 is 0 Å². The summed E-state index contributed by atoms with van der Waals surface area (Å²) in [6.45, 7) is 9.49. The van der Waals surface area contributed by atoms with Gasteiger partial charge in [0.25, 0.3) is 0 Å². The fourth-order valence-electron chi connectivity index (χ4n) is 2.81. The van der Waals surface area contributed by atoms with Crippen molar-refractivity contribution in [2.45, 2.75) is 59.2 Å². The van der Waals surface area contributed by atoms with E-state index in [9.17, 15) is 9.59 Å². The zero-order chi connectivity index (χ0) is 17.1. The molecule has 23 heavy (non-hydrogen) atoms. The molecule has 2 rings (SSSR count). The fourth-order valence-corrected chi connectivity index (χ4v) is 2.81. The number of para-hydroxylation sites is 2. The van der Waals surface area contributed by atoms with Crippen LogP contribution in [-0.2, 0) is 14.3 Å². The monoisotopic (exact) mass is 318 g/mol. The van der Waals surface area contributed by atoms with Crippen LogP contribution in [0.5, 0.6) is 0 Å². The standard InChI is InChI=1S/C18H26N2O3/c1-11(2)10-15-17(21)20(13(5)18(22)23-12(3)4)16-9-7-6-8-14(16)19-15/h6-9,11-13,15,19H,10H2,1-5H3. The highest BCUT2D eigenvalue weighted by molar-refractivity contribution is 6.08. The minimum atomic E-state index is -0.650. The Labute approximate surface area is 138 Å². The Hall–Kier alpha value is -2.04. The fraction of sp³-hybridized carbons (Fsp3) is 0.556. The zero-order valence-electron chi connectivity index (χ0n) is 14.5. The molecular formula is C18H26N2O3. The topological polar surface area (TPSA) is 58.6 Å². The third kappa shape index (κ3) is 3.84. The van der Waals surface area contributed by atoms with E-state index < -0.39 is 6.04 Å². The van der Waals surface area contributed by atoms with Gasteiger partial charge in [-0.1, -0.05) is 26.0 Å². The molecule has 0 aromatic heterocycles. The number of hydrogen-bond donors (Lipinski definition) is 1. The average Bonchev–Trinajstić information content (AvgIpc) is 2.46. The van der Waals surface area contributed by atoms with Gasteiger partial charge >= 0.3 is 5.97 Å². The highest BCUT2D eigenvalue weighted by Gasteiger charge is 2.38. The van der Waals surface area contributed by atoms with Gasteiger partial charge in [0.05, 0.1) is 17.5 Å². The van der Waals surface area contributed by atoms with E-state index >= 15 is 0 Å². The quantitative estimate of drug-likeness (QED) is 0.847. The van der Waals surface area contributed by atoms with Crippen molar-refractivity contribution in [3.63, 3.8) is 0 Å². The third-order valence-electron chi connectivity index (χ3n) is 3.82. The number of ether oxygens (including phenoxy) is 1. The van der Waals surface area contributed by atoms with Crippen LogP contribution in [0.3, 0.4) is 0 Å². The summed E-state index contributed by atoms with van der Waals surface area (Å²) in [7, 11) is 0. The van der Waals surface area contributed by atoms with Crippen molar-refractivity contribution < 1.29 is 14.3 Å². The number of rotatable bonds is 5. The molecule has 2 atom stereocenters. The van der Waals surface area contributed by atoms with Crippen LogP contribution in [0.15, 0.2) is 24.3 Å². The molecular weight excluding hydrogens is 292 g/mol. The van der Waals surface area contributed by atoms with Gasteiger partial charge in [0.15, 0.2) is 0 Å². The highest BCUT2D eigenvalue weighted by atomic mass is 16.5. The number of hydrogen-bond acceptors (Lipinski definition) is 4. The molecule has 1 amide bonds. The molecule has 2 unspecified atom stereocenters. The summed E-state index contributed by atoms with van der Waals surface area (Å²) in [4.78, 5) is 26.8. The highest BCUT2D eigenvalue weighted by Crippen LogP contribution is 2.34. The molecule has 1 N–H and O–H groups in total. The van der Waals surface area contributed by atoms with Crippen molar-refractivity contribution in [3.8, 4) is 0 Å². The molecule has 0 saturated heterocycles. The molecule has 1 aliphatic rings. The van der Waals surface area contributed by atoms with E-state index in [4.69, 9.17) is 4.74 Å². The van der Waals surface area contributed by atoms with Crippen LogP contribution in [-0.4, -0.2) is 30.1 Å². The Kier molecular flexibility index (Phi) is 5.29. The maximum Gasteiger partial charge on any atom is 0.329 e. The van der Waals surface area contributed by atoms with E-state index in [1.807, 2.05) is 24.3 Å². The smallest absolute Gasteiger partial charge is 0.329 e. The number of benzene rings is 1. The molecule has 1 aromatic rings. The van der Waals surface area contributed by atoms with E-state index in [-0.39, 0.29) is 24.0 Å². The first-order chi connectivity index (χ1) is 10.8. The first-order valence-corrected chi connectivity index (χ1v) is 8.20. The van der Waals surface area contributed by atoms with Crippen molar-refractivity contribution in [1.29, 1.82) is 0 Å². The lowest BCUT2D eigenvalue weighted by Crippen LogP contribution is -2.54. The number of nitrogens with one attached hydrogen (secondary N) is 1. The minimum Gasteiger partial charge on any atom is -0.461 e. The Morgan fingerprint density at radius 1 is 1.22 bits per heavy atom. The molecule has 5 nitrogen and oxygen atoms in total. The van der Waals surface area contributed by atoms with Crippen molar-refractivity contribution in [1.82, 2.24) is 0 Å². The molecule has 5 heteroatoms. The van der Waals surface area contributed by atoms with E-state index in [1.54, 1.807) is 25.7 Å². The minimum absolute atomic E-state index is 0.0781. The van der Waals surface area contributed by atoms with Crippen LogP contribution in [0.1, 0.15) is 41.0 Å². The molecule has 1 heterocycles. The summed E-state index contributed by atoms with van der Waals surface area (Å²) in [6, 6.07) is 6.60. The number of anilines is 2. The normalized spacial score (nSPS) is 18.7. The summed E-state index contributed by atoms with van der Waals surface area (Å²) in [5.74, 6) is -0.0829. The molecule has 0 radical (unpaired) electrons. The lowest BCUT2D eigenvalue weighted by Gasteiger charge is -2.38. The zero-order valence-corrected chi connectivity index (χ0v) is 14.5. The van der Waals surface area contributed by atoms with Gasteiger partial charge in [0.1, 0.15) is 12.1 Å². The Morgan fingerprint density at radius 3 is 2.48 bits per heavy atom. The first kappa shape index (κ1) is 17.3. The van der Waals surface area contributed by atoms with Gasteiger partial charge in [-0.2, -0.15) is 0 Å². The van der Waals surface area contributed by atoms with Crippen molar-refractivity contribution in [3.05, 3.63) is 24.3 Å². The van der Waals surface area contributed by atoms with Crippen LogP contribution in [0.4, 0.5) is 11.4 Å². The molecule has 0 bridgehead atoms. The van der Waals surface area contributed by atoms with Gasteiger partial charge in [0, 0.05) is 0 Å². The van der Waals surface area contributed by atoms with Crippen molar-refractivity contribution >= 4 is 23.3 Å². The second-order valence-electron chi connectivity index (χ2n) is 6.71. The maximum atomic E-state index is 12.9. The summed E-state index contributed by atoms with van der Waals surface area (Å²) in [5.41, 5.74) is 1.60. The molecule has 0 aliphatic carbocycles. The van der Waals surface area contributed by atoms with Crippen LogP contribution < -0.4 is 10.2 Å². The molecule has 1 aliphatic heterocycles. The predicted molar refractivity (Wildman–Crippen MR) is 91.5 cm³/mol. The number of carbonyl (C=O) groups excluding carboxylic acids is 2. The summed E-state index contributed by atoms with van der Waals surface area (Å²) in [6.07, 6.45) is 0.514. The first-order valence-electron chi connectivity index (χ1n) is 8.20. The lowest BCUT2D eigenvalue weighted by molar-refractivity contribution is -0.149. The van der Waals surface area contributed by atoms with Gasteiger partial charge in [-0.05, 0) is 45.2 Å². The Balaban J connectivity index is 2.34. The van der Waals surface area contributed by atoms with E-state index in [2.05, 4.69) is 19.2 Å². The van der Waals surface area contributed by atoms with Crippen LogP contribution in [0.25, 0.3) is 0 Å². The molecule has 0 fully saturated rings. The molecule has 126 valence electrons. The lowest BCUT2D eigenvalue weighted by atomic mass is 9.98. The molecule has 0 spiro atoms. The Bertz CT molecular complexity index is 583. The van der Waals surface area contributed by atoms with Crippen molar-refractivity contribution in [2.75, 3.05) is 10.2 Å². The molecule has 0 saturated carbocycles. The molecule has 1 aromatic carbocycles. The van der Waals surface area contributed by atoms with Gasteiger partial charge in [-0.3, -0.25) is 9.69 Å². The number of nitrogens with zero attached hydrogens (tertiary/aromatic N) is 1. The van der Waals surface area contributed by atoms with Crippen LogP contribution in [0, 0.1) is 5.92 Å². The van der Waals surface area contributed by atoms with Crippen molar-refractivity contribution in [2.24, 2.45) is 5.92 Å². The van der Waals surface area contributed by atoms with Gasteiger partial charge in [0.2, 0.25) is 5.91 Å². The summed E-state index contributed by atoms with van der Waals surface area (Å²) >= 11 is 0. The predicted octanol–water partition coefficient (Wildman–Crippen LogP) is 3.20. The van der Waals surface area contributed by atoms with E-state index in [0.29, 0.717) is 5.92 Å². The van der Waals surface area contributed by atoms with Crippen LogP contribution in [0.2, 0.25) is 0 Å². The van der Waals surface area contributed by atoms with E-state index in [1.165, 1.54) is 0 Å². The number of fused-ring (bicyclic) bond motifs is 1. The summed E-state index contributed by atoms with van der Waals surface area (Å²) < 4.78 is 5.29. The largest absolute Gasteiger partial charge is 0.461 e.